The van der Waals surface area contributed by atoms with Gasteiger partial charge in [-0.25, -0.2) is 0 Å². The molecule has 3 radical (unpaired) electrons. The van der Waals surface area contributed by atoms with Crippen molar-refractivity contribution in [2.45, 2.75) is 32.6 Å². The third-order valence-electron chi connectivity index (χ3n) is 3.27. The summed E-state index contributed by atoms with van der Waals surface area (Å²) in [4.78, 5) is 0. The van der Waals surface area contributed by atoms with Crippen LogP contribution < -0.4 is 0 Å². The summed E-state index contributed by atoms with van der Waals surface area (Å²) < 4.78 is 0. The zero-order valence-corrected chi connectivity index (χ0v) is 6.64. The van der Waals surface area contributed by atoms with Crippen LogP contribution in [0.1, 0.15) is 32.6 Å². The highest BCUT2D eigenvalue weighted by atomic mass is 14.5. The molecule has 1 spiro atoms. The summed E-state index contributed by atoms with van der Waals surface area (Å²) in [5, 5.41) is 0. The molecule has 2 fully saturated rings. The van der Waals surface area contributed by atoms with E-state index in [1.165, 1.54) is 25.7 Å². The Hall–Kier alpha value is 0. The van der Waals surface area contributed by atoms with Crippen LogP contribution in [-0.4, -0.2) is 0 Å². The molecule has 0 amide bonds. The molecular weight excluding hydrogens is 120 g/mol. The van der Waals surface area contributed by atoms with Gasteiger partial charge in [-0.2, -0.15) is 0 Å². The van der Waals surface area contributed by atoms with Crippen molar-refractivity contribution in [2.75, 3.05) is 0 Å². The Morgan fingerprint density at radius 1 is 1.30 bits per heavy atom. The average Bonchev–Trinajstić information content (AvgIpc) is 2.48. The highest BCUT2D eigenvalue weighted by Crippen LogP contribution is 2.52. The van der Waals surface area contributed by atoms with E-state index in [0.29, 0.717) is 5.41 Å². The molecule has 0 N–H and O–H groups in total. The summed E-state index contributed by atoms with van der Waals surface area (Å²) in [5.41, 5.74) is 0.611. The van der Waals surface area contributed by atoms with E-state index < -0.39 is 0 Å². The summed E-state index contributed by atoms with van der Waals surface area (Å²) in [7, 11) is 0. The highest BCUT2D eigenvalue weighted by Gasteiger charge is 2.42. The van der Waals surface area contributed by atoms with Crippen LogP contribution in [0.5, 0.6) is 0 Å². The molecule has 0 aliphatic heterocycles. The predicted molar refractivity (Wildman–Crippen MR) is 43.0 cm³/mol. The fraction of sp³-hybridized carbons (Fsp3) is 0.700. The molecule has 1 atom stereocenters. The summed E-state index contributed by atoms with van der Waals surface area (Å²) in [6.45, 7) is 2.35. The van der Waals surface area contributed by atoms with Crippen molar-refractivity contribution < 1.29 is 0 Å². The second kappa shape index (κ2) is 2.25. The fourth-order valence-corrected chi connectivity index (χ4v) is 2.41. The topological polar surface area (TPSA) is 0 Å². The van der Waals surface area contributed by atoms with E-state index in [1.807, 2.05) is 0 Å². The molecule has 55 valence electrons. The van der Waals surface area contributed by atoms with E-state index in [1.54, 1.807) is 0 Å². The summed E-state index contributed by atoms with van der Waals surface area (Å²) in [5.74, 6) is 0.815. The molecule has 1 unspecified atom stereocenters. The SMILES string of the molecule is CC1[CH][CH][CH]C12CCCC2. The maximum atomic E-state index is 2.44. The van der Waals surface area contributed by atoms with Gasteiger partial charge in [0, 0.05) is 0 Å². The quantitative estimate of drug-likeness (QED) is 0.479. The van der Waals surface area contributed by atoms with Crippen LogP contribution in [0.15, 0.2) is 0 Å². The van der Waals surface area contributed by atoms with Crippen LogP contribution in [0.4, 0.5) is 0 Å². The zero-order valence-electron chi connectivity index (χ0n) is 6.64. The van der Waals surface area contributed by atoms with Crippen LogP contribution in [0, 0.1) is 30.6 Å². The standard InChI is InChI=1S/C10H15/c1-9-5-4-8-10(9)6-2-3-7-10/h4-5,8-9H,2-3,6-7H2,1H3. The summed E-state index contributed by atoms with van der Waals surface area (Å²) in [6.07, 6.45) is 12.8. The molecule has 0 nitrogen and oxygen atoms in total. The van der Waals surface area contributed by atoms with E-state index in [0.717, 1.165) is 5.92 Å². The first-order valence-electron chi connectivity index (χ1n) is 4.36. The lowest BCUT2D eigenvalue weighted by atomic mass is 9.77. The van der Waals surface area contributed by atoms with Gasteiger partial charge in [-0.15, -0.1) is 0 Å². The lowest BCUT2D eigenvalue weighted by Crippen LogP contribution is -2.19. The highest BCUT2D eigenvalue weighted by molar-refractivity contribution is 5.20. The third kappa shape index (κ3) is 0.810. The van der Waals surface area contributed by atoms with Gasteiger partial charge in [0.25, 0.3) is 0 Å². The number of rotatable bonds is 0. The minimum absolute atomic E-state index is 0.611. The summed E-state index contributed by atoms with van der Waals surface area (Å²) >= 11 is 0. The molecule has 10 heavy (non-hydrogen) atoms. The van der Waals surface area contributed by atoms with Crippen molar-refractivity contribution in [3.05, 3.63) is 19.3 Å². The van der Waals surface area contributed by atoms with E-state index in [9.17, 15) is 0 Å². The molecule has 2 aliphatic rings. The first-order chi connectivity index (χ1) is 4.83. The van der Waals surface area contributed by atoms with E-state index >= 15 is 0 Å². The van der Waals surface area contributed by atoms with E-state index in [4.69, 9.17) is 0 Å². The third-order valence-corrected chi connectivity index (χ3v) is 3.27. The van der Waals surface area contributed by atoms with Crippen molar-refractivity contribution in [3.63, 3.8) is 0 Å². The van der Waals surface area contributed by atoms with Crippen molar-refractivity contribution in [3.8, 4) is 0 Å². The Bertz CT molecular complexity index is 114. The monoisotopic (exact) mass is 135 g/mol. The molecule has 0 heteroatoms. The van der Waals surface area contributed by atoms with E-state index in [-0.39, 0.29) is 0 Å². The molecule has 2 aliphatic carbocycles. The first-order valence-corrected chi connectivity index (χ1v) is 4.36. The van der Waals surface area contributed by atoms with Gasteiger partial charge in [0.15, 0.2) is 0 Å². The zero-order chi connectivity index (χ0) is 7.03. The van der Waals surface area contributed by atoms with Gasteiger partial charge >= 0.3 is 0 Å². The molecule has 0 aromatic rings. The maximum absolute atomic E-state index is 2.44. The fourth-order valence-electron chi connectivity index (χ4n) is 2.41. The second-order valence-corrected chi connectivity index (χ2v) is 3.78. The Morgan fingerprint density at radius 3 is 2.50 bits per heavy atom. The summed E-state index contributed by atoms with van der Waals surface area (Å²) in [6, 6.07) is 0. The van der Waals surface area contributed by atoms with Crippen LogP contribution in [-0.2, 0) is 0 Å². The lowest BCUT2D eigenvalue weighted by molar-refractivity contribution is 0.295. The Kier molecular flexibility index (Phi) is 1.51. The van der Waals surface area contributed by atoms with Crippen LogP contribution in [0.25, 0.3) is 0 Å². The number of hydrogen-bond donors (Lipinski definition) is 0. The molecule has 2 rings (SSSR count). The molecular formula is C10H15. The van der Waals surface area contributed by atoms with Gasteiger partial charge in [0.1, 0.15) is 0 Å². The molecule has 0 saturated heterocycles. The lowest BCUT2D eigenvalue weighted by Gasteiger charge is -2.27. The molecule has 0 aromatic carbocycles. The van der Waals surface area contributed by atoms with Crippen molar-refractivity contribution in [2.24, 2.45) is 11.3 Å². The first kappa shape index (κ1) is 6.69. The van der Waals surface area contributed by atoms with Crippen molar-refractivity contribution in [1.82, 2.24) is 0 Å². The Morgan fingerprint density at radius 2 is 2.00 bits per heavy atom. The average molecular weight is 135 g/mol. The van der Waals surface area contributed by atoms with Gasteiger partial charge in [-0.3, -0.25) is 0 Å². The van der Waals surface area contributed by atoms with Gasteiger partial charge in [-0.05, 0) is 43.4 Å². The number of hydrogen-bond acceptors (Lipinski definition) is 0. The molecule has 2 saturated carbocycles. The van der Waals surface area contributed by atoms with Crippen LogP contribution in [0.3, 0.4) is 0 Å². The van der Waals surface area contributed by atoms with Gasteiger partial charge in [0.2, 0.25) is 0 Å². The molecule has 0 heterocycles. The van der Waals surface area contributed by atoms with E-state index in [2.05, 4.69) is 26.2 Å². The predicted octanol–water partition coefficient (Wildman–Crippen LogP) is 2.81. The van der Waals surface area contributed by atoms with Gasteiger partial charge in [-0.1, -0.05) is 19.8 Å². The molecule has 0 aromatic heterocycles. The Balaban J connectivity index is 2.11. The normalized spacial score (nSPS) is 37.5. The smallest absolute Gasteiger partial charge is 0.0235 e. The van der Waals surface area contributed by atoms with Gasteiger partial charge in [0.05, 0.1) is 0 Å². The van der Waals surface area contributed by atoms with Crippen LogP contribution >= 0.6 is 0 Å². The Labute approximate surface area is 64.0 Å². The molecule has 0 bridgehead atoms. The second-order valence-electron chi connectivity index (χ2n) is 3.78. The largest absolute Gasteiger partial charge is 0.0617 e. The van der Waals surface area contributed by atoms with Crippen LogP contribution in [0.2, 0.25) is 0 Å². The van der Waals surface area contributed by atoms with Crippen molar-refractivity contribution in [1.29, 1.82) is 0 Å². The maximum Gasteiger partial charge on any atom is -0.0235 e. The van der Waals surface area contributed by atoms with Crippen molar-refractivity contribution >= 4 is 0 Å². The minimum atomic E-state index is 0.611. The minimum Gasteiger partial charge on any atom is -0.0617 e. The van der Waals surface area contributed by atoms with Gasteiger partial charge < -0.3 is 0 Å².